The van der Waals surface area contributed by atoms with Crippen molar-refractivity contribution in [3.8, 4) is 17.2 Å². The summed E-state index contributed by atoms with van der Waals surface area (Å²) in [6.07, 6.45) is 2.27. The van der Waals surface area contributed by atoms with E-state index in [4.69, 9.17) is 18.7 Å². The summed E-state index contributed by atoms with van der Waals surface area (Å²) in [5.74, 6) is 3.27. The van der Waals surface area contributed by atoms with E-state index in [-0.39, 0.29) is 11.8 Å². The summed E-state index contributed by atoms with van der Waals surface area (Å²) in [6.45, 7) is 1.11. The Morgan fingerprint density at radius 2 is 1.73 bits per heavy atom. The number of amides is 1. The van der Waals surface area contributed by atoms with E-state index < -0.39 is 0 Å². The average molecular weight is 359 g/mol. The molecule has 0 bridgehead atoms. The summed E-state index contributed by atoms with van der Waals surface area (Å²) in [5.41, 5.74) is 0.488. The van der Waals surface area contributed by atoms with Gasteiger partial charge in [0.15, 0.2) is 17.3 Å². The predicted octanol–water partition coefficient (Wildman–Crippen LogP) is 2.21. The zero-order chi connectivity index (χ0) is 18.3. The van der Waals surface area contributed by atoms with Gasteiger partial charge in [0.25, 0.3) is 5.91 Å². The van der Waals surface area contributed by atoms with E-state index in [1.165, 1.54) is 21.3 Å². The molecule has 2 aliphatic rings. The molecule has 0 radical (unpaired) electrons. The number of nitrogens with zero attached hydrogens (tertiary/aromatic N) is 3. The zero-order valence-corrected chi connectivity index (χ0v) is 15.0. The number of hydrogen-bond acceptors (Lipinski definition) is 7. The van der Waals surface area contributed by atoms with Crippen molar-refractivity contribution in [2.24, 2.45) is 0 Å². The summed E-state index contributed by atoms with van der Waals surface area (Å²) < 4.78 is 21.3. The number of aromatic nitrogens is 2. The maximum atomic E-state index is 12.8. The van der Waals surface area contributed by atoms with E-state index in [1.54, 1.807) is 17.0 Å². The van der Waals surface area contributed by atoms with Crippen LogP contribution in [0.5, 0.6) is 17.2 Å². The molecule has 2 aromatic rings. The van der Waals surface area contributed by atoms with Crippen LogP contribution in [0.25, 0.3) is 0 Å². The quantitative estimate of drug-likeness (QED) is 0.781. The van der Waals surface area contributed by atoms with Gasteiger partial charge in [-0.15, -0.1) is 0 Å². The van der Waals surface area contributed by atoms with Crippen LogP contribution in [0, 0.1) is 0 Å². The molecule has 26 heavy (non-hydrogen) atoms. The van der Waals surface area contributed by atoms with Gasteiger partial charge in [-0.05, 0) is 25.0 Å². The van der Waals surface area contributed by atoms with Gasteiger partial charge in [-0.2, -0.15) is 4.98 Å². The second kappa shape index (κ2) is 6.51. The summed E-state index contributed by atoms with van der Waals surface area (Å²) in [4.78, 5) is 19.0. The molecule has 8 nitrogen and oxygen atoms in total. The number of ether oxygens (including phenoxy) is 3. The molecule has 1 amide bonds. The molecular weight excluding hydrogens is 338 g/mol. The highest BCUT2D eigenvalue weighted by atomic mass is 16.5. The molecule has 2 fully saturated rings. The van der Waals surface area contributed by atoms with Gasteiger partial charge in [0.05, 0.1) is 27.2 Å². The topological polar surface area (TPSA) is 86.9 Å². The fraction of sp³-hybridized carbons (Fsp3) is 0.500. The lowest BCUT2D eigenvalue weighted by atomic mass is 9.98. The molecule has 2 heterocycles. The third kappa shape index (κ3) is 2.85. The van der Waals surface area contributed by atoms with Gasteiger partial charge >= 0.3 is 0 Å². The molecule has 0 N–H and O–H groups in total. The minimum absolute atomic E-state index is 0.0950. The second-order valence-corrected chi connectivity index (χ2v) is 6.59. The number of hydrogen-bond donors (Lipinski definition) is 0. The SMILES string of the molecule is COc1cc(C(=O)N2CC(c3nc(C4CC4)no3)C2)cc(OC)c1OC. The summed E-state index contributed by atoms with van der Waals surface area (Å²) >= 11 is 0. The van der Waals surface area contributed by atoms with Crippen LogP contribution < -0.4 is 14.2 Å². The lowest BCUT2D eigenvalue weighted by molar-refractivity contribution is 0.0568. The molecule has 1 aliphatic heterocycles. The van der Waals surface area contributed by atoms with Gasteiger partial charge < -0.3 is 23.6 Å². The van der Waals surface area contributed by atoms with Crippen LogP contribution in [-0.2, 0) is 0 Å². The molecule has 1 saturated carbocycles. The monoisotopic (exact) mass is 359 g/mol. The third-order valence-electron chi connectivity index (χ3n) is 4.83. The van der Waals surface area contributed by atoms with Gasteiger partial charge in [-0.25, -0.2) is 0 Å². The Hall–Kier alpha value is -2.77. The molecule has 1 aromatic carbocycles. The Morgan fingerprint density at radius 1 is 1.08 bits per heavy atom. The molecular formula is C18H21N3O5. The van der Waals surface area contributed by atoms with Crippen LogP contribution in [0.15, 0.2) is 16.7 Å². The Morgan fingerprint density at radius 3 is 2.27 bits per heavy atom. The van der Waals surface area contributed by atoms with Crippen molar-refractivity contribution in [3.05, 3.63) is 29.4 Å². The lowest BCUT2D eigenvalue weighted by Gasteiger charge is -2.37. The van der Waals surface area contributed by atoms with Crippen molar-refractivity contribution in [1.29, 1.82) is 0 Å². The first-order valence-corrected chi connectivity index (χ1v) is 8.57. The Balaban J connectivity index is 1.46. The molecule has 8 heteroatoms. The van der Waals surface area contributed by atoms with Crippen molar-refractivity contribution in [2.45, 2.75) is 24.7 Å². The molecule has 1 aliphatic carbocycles. The van der Waals surface area contributed by atoms with Crippen molar-refractivity contribution >= 4 is 5.91 Å². The maximum Gasteiger partial charge on any atom is 0.254 e. The van der Waals surface area contributed by atoms with Crippen LogP contribution >= 0.6 is 0 Å². The normalized spacial score (nSPS) is 17.0. The Labute approximate surface area is 151 Å². The van der Waals surface area contributed by atoms with E-state index in [0.717, 1.165) is 18.7 Å². The number of benzene rings is 1. The second-order valence-electron chi connectivity index (χ2n) is 6.59. The van der Waals surface area contributed by atoms with Gasteiger partial charge in [0, 0.05) is 24.6 Å². The predicted molar refractivity (Wildman–Crippen MR) is 91.0 cm³/mol. The summed E-state index contributed by atoms with van der Waals surface area (Å²) in [5, 5.41) is 4.04. The van der Waals surface area contributed by atoms with Crippen molar-refractivity contribution in [2.75, 3.05) is 34.4 Å². The molecule has 0 spiro atoms. The van der Waals surface area contributed by atoms with E-state index in [0.29, 0.717) is 47.7 Å². The fourth-order valence-electron chi connectivity index (χ4n) is 3.11. The van der Waals surface area contributed by atoms with Crippen molar-refractivity contribution in [1.82, 2.24) is 15.0 Å². The number of likely N-dealkylation sites (tertiary alicyclic amines) is 1. The largest absolute Gasteiger partial charge is 0.493 e. The molecule has 1 saturated heterocycles. The molecule has 0 atom stereocenters. The summed E-state index contributed by atoms with van der Waals surface area (Å²) in [6, 6.07) is 3.32. The van der Waals surface area contributed by atoms with E-state index in [2.05, 4.69) is 10.1 Å². The van der Waals surface area contributed by atoms with E-state index in [1.807, 2.05) is 0 Å². The maximum absolute atomic E-state index is 12.8. The highest BCUT2D eigenvalue weighted by Crippen LogP contribution is 2.40. The Bertz CT molecular complexity index is 799. The number of methoxy groups -OCH3 is 3. The number of rotatable bonds is 6. The first-order valence-electron chi connectivity index (χ1n) is 8.57. The highest BCUT2D eigenvalue weighted by Gasteiger charge is 2.38. The third-order valence-corrected chi connectivity index (χ3v) is 4.83. The van der Waals surface area contributed by atoms with Gasteiger partial charge in [-0.1, -0.05) is 5.16 Å². The van der Waals surface area contributed by atoms with Crippen molar-refractivity contribution < 1.29 is 23.5 Å². The first kappa shape index (κ1) is 16.7. The molecule has 138 valence electrons. The van der Waals surface area contributed by atoms with Crippen LogP contribution in [0.3, 0.4) is 0 Å². The average Bonchev–Trinajstić information content (AvgIpc) is 3.37. The molecule has 0 unspecified atom stereocenters. The van der Waals surface area contributed by atoms with E-state index >= 15 is 0 Å². The van der Waals surface area contributed by atoms with Crippen LogP contribution in [0.4, 0.5) is 0 Å². The number of carbonyl (C=O) groups is 1. The zero-order valence-electron chi connectivity index (χ0n) is 15.0. The summed E-state index contributed by atoms with van der Waals surface area (Å²) in [7, 11) is 4.58. The Kier molecular flexibility index (Phi) is 4.18. The molecule has 1 aromatic heterocycles. The lowest BCUT2D eigenvalue weighted by Crippen LogP contribution is -2.48. The van der Waals surface area contributed by atoms with E-state index in [9.17, 15) is 4.79 Å². The van der Waals surface area contributed by atoms with Gasteiger partial charge in [0.1, 0.15) is 0 Å². The van der Waals surface area contributed by atoms with Crippen LogP contribution in [0.1, 0.15) is 46.8 Å². The van der Waals surface area contributed by atoms with Gasteiger partial charge in [0.2, 0.25) is 11.6 Å². The minimum atomic E-state index is -0.0950. The van der Waals surface area contributed by atoms with Crippen LogP contribution in [0.2, 0.25) is 0 Å². The standard InChI is InChI=1S/C18H21N3O5/c1-23-13-6-11(7-14(24-2)15(13)25-3)18(22)21-8-12(9-21)17-19-16(20-26-17)10-4-5-10/h6-7,10,12H,4-5,8-9H2,1-3H3. The highest BCUT2D eigenvalue weighted by molar-refractivity contribution is 5.96. The smallest absolute Gasteiger partial charge is 0.254 e. The first-order chi connectivity index (χ1) is 12.6. The molecule has 4 rings (SSSR count). The minimum Gasteiger partial charge on any atom is -0.493 e. The van der Waals surface area contributed by atoms with Crippen molar-refractivity contribution in [3.63, 3.8) is 0 Å². The number of carbonyl (C=O) groups excluding carboxylic acids is 1. The van der Waals surface area contributed by atoms with Crippen LogP contribution in [-0.4, -0.2) is 55.4 Å². The fourth-order valence-corrected chi connectivity index (χ4v) is 3.11. The van der Waals surface area contributed by atoms with Gasteiger partial charge in [-0.3, -0.25) is 4.79 Å².